The Morgan fingerprint density at radius 2 is 1.85 bits per heavy atom. The van der Waals surface area contributed by atoms with Gasteiger partial charge in [0.25, 0.3) is 0 Å². The number of hydrogen-bond acceptors (Lipinski definition) is 3. The van der Waals surface area contributed by atoms with E-state index < -0.39 is 24.0 Å². The fourth-order valence-electron chi connectivity index (χ4n) is 3.09. The van der Waals surface area contributed by atoms with Gasteiger partial charge in [0.1, 0.15) is 18.0 Å². The molecule has 5 nitrogen and oxygen atoms in total. The van der Waals surface area contributed by atoms with E-state index in [0.29, 0.717) is 12.3 Å². The van der Waals surface area contributed by atoms with Gasteiger partial charge in [-0.15, -0.1) is 6.42 Å². The highest BCUT2D eigenvalue weighted by Gasteiger charge is 2.48. The standard InChI is InChI=1S/C15H15FN2O3.C6H6/c1-2-11-13(14-12(21-11)6-7-20-14)18-15(19)17-10-5-3-4-9(16)8-10;1-2-4-6-5-3-1/h1,3-5,8,11-14H,6-7H2,(H2,17,18,19);1-6H/t11?,12-,13+,14+;/m1./s1. The first-order valence-corrected chi connectivity index (χ1v) is 8.73. The van der Waals surface area contributed by atoms with E-state index in [2.05, 4.69) is 16.6 Å². The molecular weight excluding hydrogens is 347 g/mol. The third-order valence-corrected chi connectivity index (χ3v) is 4.29. The lowest BCUT2D eigenvalue weighted by Crippen LogP contribution is -2.48. The summed E-state index contributed by atoms with van der Waals surface area (Å²) in [6.45, 7) is 0.594. The molecule has 2 saturated heterocycles. The lowest BCUT2D eigenvalue weighted by molar-refractivity contribution is 0.0589. The molecule has 2 heterocycles. The maximum Gasteiger partial charge on any atom is 0.319 e. The predicted molar refractivity (Wildman–Crippen MR) is 101 cm³/mol. The van der Waals surface area contributed by atoms with Gasteiger partial charge in [0, 0.05) is 12.3 Å². The van der Waals surface area contributed by atoms with Gasteiger partial charge < -0.3 is 20.1 Å². The van der Waals surface area contributed by atoms with Crippen LogP contribution in [0.5, 0.6) is 0 Å². The van der Waals surface area contributed by atoms with E-state index in [1.54, 1.807) is 6.07 Å². The first-order valence-electron chi connectivity index (χ1n) is 8.73. The number of benzene rings is 2. The quantitative estimate of drug-likeness (QED) is 0.801. The number of nitrogens with one attached hydrogen (secondary N) is 2. The van der Waals surface area contributed by atoms with Gasteiger partial charge in [0.15, 0.2) is 0 Å². The maximum absolute atomic E-state index is 13.1. The van der Waals surface area contributed by atoms with Gasteiger partial charge in [0.2, 0.25) is 0 Å². The first-order chi connectivity index (χ1) is 13.2. The first kappa shape index (κ1) is 18.9. The molecule has 140 valence electrons. The van der Waals surface area contributed by atoms with E-state index in [4.69, 9.17) is 15.9 Å². The highest BCUT2D eigenvalue weighted by Crippen LogP contribution is 2.30. The predicted octanol–water partition coefficient (Wildman–Crippen LogP) is 3.19. The lowest BCUT2D eigenvalue weighted by Gasteiger charge is -2.20. The Labute approximate surface area is 157 Å². The van der Waals surface area contributed by atoms with Gasteiger partial charge in [-0.1, -0.05) is 48.4 Å². The highest BCUT2D eigenvalue weighted by atomic mass is 19.1. The van der Waals surface area contributed by atoms with E-state index in [9.17, 15) is 9.18 Å². The van der Waals surface area contributed by atoms with Crippen LogP contribution < -0.4 is 10.6 Å². The lowest BCUT2D eigenvalue weighted by atomic mass is 10.1. The van der Waals surface area contributed by atoms with Crippen molar-refractivity contribution in [3.05, 3.63) is 66.5 Å². The number of halogens is 1. The van der Waals surface area contributed by atoms with Crippen molar-refractivity contribution in [2.24, 2.45) is 0 Å². The molecule has 0 bridgehead atoms. The van der Waals surface area contributed by atoms with Crippen LogP contribution in [0.2, 0.25) is 0 Å². The molecule has 4 rings (SSSR count). The minimum atomic E-state index is -0.515. The van der Waals surface area contributed by atoms with Crippen LogP contribution >= 0.6 is 0 Å². The average molecular weight is 368 g/mol. The molecule has 0 radical (unpaired) electrons. The van der Waals surface area contributed by atoms with E-state index in [0.717, 1.165) is 6.42 Å². The minimum Gasteiger partial charge on any atom is -0.373 e. The van der Waals surface area contributed by atoms with Crippen molar-refractivity contribution in [3.63, 3.8) is 0 Å². The SMILES string of the molecule is C#CC1O[C@@H]2CCO[C@@H]2[C@H]1NC(=O)Nc1cccc(F)c1.c1ccccc1. The number of fused-ring (bicyclic) bond motifs is 1. The Hall–Kier alpha value is -2.88. The molecule has 2 aromatic rings. The van der Waals surface area contributed by atoms with Crippen molar-refractivity contribution in [1.29, 1.82) is 0 Å². The van der Waals surface area contributed by atoms with E-state index in [1.165, 1.54) is 18.2 Å². The summed E-state index contributed by atoms with van der Waals surface area (Å²) >= 11 is 0. The normalized spacial score (nSPS) is 25.5. The number of hydrogen-bond donors (Lipinski definition) is 2. The molecule has 0 spiro atoms. The second-order valence-electron chi connectivity index (χ2n) is 6.18. The van der Waals surface area contributed by atoms with Crippen LogP contribution in [0.15, 0.2) is 60.7 Å². The molecule has 27 heavy (non-hydrogen) atoms. The van der Waals surface area contributed by atoms with Crippen LogP contribution in [0.25, 0.3) is 0 Å². The molecular formula is C21H21FN2O3. The molecule has 0 aromatic heterocycles. The number of terminal acetylenes is 1. The monoisotopic (exact) mass is 368 g/mol. The van der Waals surface area contributed by atoms with E-state index in [1.807, 2.05) is 36.4 Å². The summed E-state index contributed by atoms with van der Waals surface area (Å²) < 4.78 is 24.3. The summed E-state index contributed by atoms with van der Waals surface area (Å²) in [6, 6.07) is 16.8. The number of ether oxygens (including phenoxy) is 2. The fourth-order valence-corrected chi connectivity index (χ4v) is 3.09. The largest absolute Gasteiger partial charge is 0.373 e. The third kappa shape index (κ3) is 5.07. The third-order valence-electron chi connectivity index (χ3n) is 4.29. The molecule has 2 N–H and O–H groups in total. The smallest absolute Gasteiger partial charge is 0.319 e. The average Bonchev–Trinajstić information content (AvgIpc) is 3.26. The van der Waals surface area contributed by atoms with E-state index in [-0.39, 0.29) is 12.2 Å². The van der Waals surface area contributed by atoms with Crippen molar-refractivity contribution in [1.82, 2.24) is 5.32 Å². The van der Waals surface area contributed by atoms with Gasteiger partial charge >= 0.3 is 6.03 Å². The Bertz CT molecular complexity index is 767. The number of amides is 2. The summed E-state index contributed by atoms with van der Waals surface area (Å²) in [5.74, 6) is 2.10. The van der Waals surface area contributed by atoms with Crippen molar-refractivity contribution < 1.29 is 18.7 Å². The molecule has 6 heteroatoms. The van der Waals surface area contributed by atoms with Crippen LogP contribution in [-0.2, 0) is 9.47 Å². The molecule has 0 aliphatic carbocycles. The number of anilines is 1. The Kier molecular flexibility index (Phi) is 6.42. The second-order valence-corrected chi connectivity index (χ2v) is 6.18. The number of rotatable bonds is 2. The van der Waals surface area contributed by atoms with Crippen LogP contribution in [0.3, 0.4) is 0 Å². The molecule has 2 amide bonds. The maximum atomic E-state index is 13.1. The Morgan fingerprint density at radius 3 is 2.48 bits per heavy atom. The Balaban J connectivity index is 0.000000299. The van der Waals surface area contributed by atoms with E-state index >= 15 is 0 Å². The highest BCUT2D eigenvalue weighted by molar-refractivity contribution is 5.89. The van der Waals surface area contributed by atoms with Crippen molar-refractivity contribution >= 4 is 11.7 Å². The minimum absolute atomic E-state index is 0.0782. The molecule has 4 atom stereocenters. The topological polar surface area (TPSA) is 59.6 Å². The van der Waals surface area contributed by atoms with Gasteiger partial charge in [-0.3, -0.25) is 0 Å². The van der Waals surface area contributed by atoms with Gasteiger partial charge in [-0.05, 0) is 24.6 Å². The van der Waals surface area contributed by atoms with Gasteiger partial charge in [-0.2, -0.15) is 0 Å². The summed E-state index contributed by atoms with van der Waals surface area (Å²) in [7, 11) is 0. The van der Waals surface area contributed by atoms with Crippen LogP contribution in [0, 0.1) is 18.2 Å². The molecule has 2 aliphatic rings. The zero-order valence-electron chi connectivity index (χ0n) is 14.7. The zero-order valence-corrected chi connectivity index (χ0v) is 14.7. The van der Waals surface area contributed by atoms with Gasteiger partial charge in [0.05, 0.1) is 12.1 Å². The van der Waals surface area contributed by atoms with Gasteiger partial charge in [-0.25, -0.2) is 9.18 Å². The summed E-state index contributed by atoms with van der Waals surface area (Å²) in [5.41, 5.74) is 0.368. The fraction of sp³-hybridized carbons (Fsp3) is 0.286. The van der Waals surface area contributed by atoms with Crippen LogP contribution in [-0.4, -0.2) is 37.0 Å². The summed E-state index contributed by atoms with van der Waals surface area (Å²) in [5, 5.41) is 5.32. The van der Waals surface area contributed by atoms with Crippen LogP contribution in [0.1, 0.15) is 6.42 Å². The second kappa shape index (κ2) is 9.17. The summed E-state index contributed by atoms with van der Waals surface area (Å²) in [4.78, 5) is 12.0. The van der Waals surface area contributed by atoms with Crippen molar-refractivity contribution in [3.8, 4) is 12.3 Å². The molecule has 2 aromatic carbocycles. The zero-order chi connectivity index (χ0) is 19.1. The summed E-state index contributed by atoms with van der Waals surface area (Å²) in [6.07, 6.45) is 5.37. The Morgan fingerprint density at radius 1 is 1.15 bits per heavy atom. The molecule has 1 unspecified atom stereocenters. The van der Waals surface area contributed by atoms with Crippen molar-refractivity contribution in [2.75, 3.05) is 11.9 Å². The van der Waals surface area contributed by atoms with Crippen molar-refractivity contribution in [2.45, 2.75) is 30.8 Å². The number of carbonyl (C=O) groups is 1. The van der Waals surface area contributed by atoms with Crippen LogP contribution in [0.4, 0.5) is 14.9 Å². The molecule has 0 saturated carbocycles. The number of urea groups is 1. The number of carbonyl (C=O) groups excluding carboxylic acids is 1. The molecule has 2 fully saturated rings. The molecule has 2 aliphatic heterocycles.